The maximum atomic E-state index is 13.0. The average molecular weight is 322 g/mol. The van der Waals surface area contributed by atoms with Gasteiger partial charge in [0.25, 0.3) is 11.6 Å². The second kappa shape index (κ2) is 6.93. The van der Waals surface area contributed by atoms with Gasteiger partial charge in [0, 0.05) is 30.3 Å². The summed E-state index contributed by atoms with van der Waals surface area (Å²) in [5.41, 5.74) is 0.0277. The van der Waals surface area contributed by atoms with Crippen LogP contribution in [0.15, 0.2) is 42.5 Å². The largest absolute Gasteiger partial charge is 0.387 e. The Morgan fingerprint density at radius 3 is 2.26 bits per heavy atom. The van der Waals surface area contributed by atoms with Crippen LogP contribution >= 0.6 is 0 Å². The third-order valence-electron chi connectivity index (χ3n) is 3.07. The van der Waals surface area contributed by atoms with Gasteiger partial charge < -0.3 is 10.4 Å². The molecule has 2 rings (SSSR count). The summed E-state index contributed by atoms with van der Waals surface area (Å²) < 4.78 is 26.1. The minimum absolute atomic E-state index is 0.125. The predicted molar refractivity (Wildman–Crippen MR) is 76.7 cm³/mol. The number of amides is 1. The van der Waals surface area contributed by atoms with E-state index in [1.807, 2.05) is 0 Å². The van der Waals surface area contributed by atoms with Crippen LogP contribution in [0.3, 0.4) is 0 Å². The fourth-order valence-corrected chi connectivity index (χ4v) is 1.91. The highest BCUT2D eigenvalue weighted by atomic mass is 19.1. The lowest BCUT2D eigenvalue weighted by Crippen LogP contribution is -2.28. The normalized spacial score (nSPS) is 11.8. The number of carbonyl (C=O) groups excluding carboxylic acids is 1. The van der Waals surface area contributed by atoms with E-state index in [4.69, 9.17) is 0 Å². The van der Waals surface area contributed by atoms with Gasteiger partial charge >= 0.3 is 0 Å². The summed E-state index contributed by atoms with van der Waals surface area (Å²) in [6.45, 7) is -0.214. The van der Waals surface area contributed by atoms with Crippen molar-refractivity contribution < 1.29 is 23.6 Å². The molecule has 2 aromatic carbocycles. The van der Waals surface area contributed by atoms with E-state index in [-0.39, 0.29) is 17.8 Å². The van der Waals surface area contributed by atoms with Gasteiger partial charge in [-0.2, -0.15) is 0 Å². The van der Waals surface area contributed by atoms with E-state index >= 15 is 0 Å². The Labute approximate surface area is 129 Å². The van der Waals surface area contributed by atoms with Crippen molar-refractivity contribution in [3.05, 3.63) is 75.3 Å². The molecule has 0 aliphatic carbocycles. The molecule has 0 aliphatic rings. The molecule has 0 fully saturated rings. The zero-order chi connectivity index (χ0) is 17.0. The number of carbonyl (C=O) groups is 1. The lowest BCUT2D eigenvalue weighted by Gasteiger charge is -2.12. The Balaban J connectivity index is 1.99. The summed E-state index contributed by atoms with van der Waals surface area (Å²) >= 11 is 0. The highest BCUT2D eigenvalue weighted by molar-refractivity contribution is 5.94. The number of hydrogen-bond acceptors (Lipinski definition) is 4. The lowest BCUT2D eigenvalue weighted by atomic mass is 10.1. The van der Waals surface area contributed by atoms with Gasteiger partial charge in [-0.1, -0.05) is 0 Å². The number of aliphatic hydroxyl groups is 1. The zero-order valence-electron chi connectivity index (χ0n) is 11.7. The van der Waals surface area contributed by atoms with Crippen molar-refractivity contribution in [1.29, 1.82) is 0 Å². The SMILES string of the molecule is O=C(NC[C@@H](O)c1ccc([N+](=O)[O-])cc1)c1cc(F)cc(F)c1. The minimum Gasteiger partial charge on any atom is -0.387 e. The zero-order valence-corrected chi connectivity index (χ0v) is 11.7. The van der Waals surface area contributed by atoms with E-state index in [1.165, 1.54) is 24.3 Å². The Morgan fingerprint density at radius 1 is 1.17 bits per heavy atom. The van der Waals surface area contributed by atoms with Crippen LogP contribution in [-0.2, 0) is 0 Å². The molecule has 0 saturated heterocycles. The quantitative estimate of drug-likeness (QED) is 0.653. The first-order chi connectivity index (χ1) is 10.9. The molecule has 0 heterocycles. The number of aliphatic hydroxyl groups excluding tert-OH is 1. The summed E-state index contributed by atoms with van der Waals surface area (Å²) in [5, 5.41) is 22.8. The highest BCUT2D eigenvalue weighted by Crippen LogP contribution is 2.17. The van der Waals surface area contributed by atoms with E-state index in [2.05, 4.69) is 5.32 Å². The summed E-state index contributed by atoms with van der Waals surface area (Å²) in [6, 6.07) is 7.55. The predicted octanol–water partition coefficient (Wildman–Crippen LogP) is 2.34. The number of nitro benzene ring substituents is 1. The van der Waals surface area contributed by atoms with Crippen LogP contribution in [-0.4, -0.2) is 22.5 Å². The van der Waals surface area contributed by atoms with E-state index in [9.17, 15) is 28.8 Å². The van der Waals surface area contributed by atoms with Crippen LogP contribution in [0.2, 0.25) is 0 Å². The van der Waals surface area contributed by atoms with Gasteiger partial charge in [-0.05, 0) is 29.8 Å². The van der Waals surface area contributed by atoms with Crippen molar-refractivity contribution in [2.24, 2.45) is 0 Å². The Hall–Kier alpha value is -2.87. The smallest absolute Gasteiger partial charge is 0.269 e. The van der Waals surface area contributed by atoms with Gasteiger partial charge in [0.05, 0.1) is 11.0 Å². The van der Waals surface area contributed by atoms with E-state index < -0.39 is 28.6 Å². The van der Waals surface area contributed by atoms with Crippen molar-refractivity contribution in [3.63, 3.8) is 0 Å². The molecular weight excluding hydrogens is 310 g/mol. The lowest BCUT2D eigenvalue weighted by molar-refractivity contribution is -0.384. The van der Waals surface area contributed by atoms with Crippen molar-refractivity contribution >= 4 is 11.6 Å². The highest BCUT2D eigenvalue weighted by Gasteiger charge is 2.14. The number of nitrogens with zero attached hydrogens (tertiary/aromatic N) is 1. The number of hydrogen-bond donors (Lipinski definition) is 2. The van der Waals surface area contributed by atoms with E-state index in [0.717, 1.165) is 12.1 Å². The first-order valence-electron chi connectivity index (χ1n) is 6.53. The molecule has 0 spiro atoms. The van der Waals surface area contributed by atoms with Gasteiger partial charge in [0.2, 0.25) is 0 Å². The molecule has 0 aliphatic heterocycles. The van der Waals surface area contributed by atoms with Crippen molar-refractivity contribution in [1.82, 2.24) is 5.32 Å². The summed E-state index contributed by atoms with van der Waals surface area (Å²) in [5.74, 6) is -2.51. The van der Waals surface area contributed by atoms with Gasteiger partial charge in [0.1, 0.15) is 11.6 Å². The van der Waals surface area contributed by atoms with Crippen LogP contribution in [0, 0.1) is 21.7 Å². The molecule has 1 atom stereocenters. The molecule has 0 unspecified atom stereocenters. The molecule has 6 nitrogen and oxygen atoms in total. The molecule has 1 amide bonds. The fourth-order valence-electron chi connectivity index (χ4n) is 1.91. The molecule has 0 radical (unpaired) electrons. The van der Waals surface area contributed by atoms with Crippen molar-refractivity contribution in [2.75, 3.05) is 6.54 Å². The molecule has 8 heteroatoms. The first-order valence-corrected chi connectivity index (χ1v) is 6.53. The minimum atomic E-state index is -1.11. The summed E-state index contributed by atoms with van der Waals surface area (Å²) in [4.78, 5) is 21.7. The summed E-state index contributed by atoms with van der Waals surface area (Å²) in [7, 11) is 0. The second-order valence-electron chi connectivity index (χ2n) is 4.73. The van der Waals surface area contributed by atoms with Crippen LogP contribution in [0.4, 0.5) is 14.5 Å². The van der Waals surface area contributed by atoms with Crippen molar-refractivity contribution in [2.45, 2.75) is 6.10 Å². The molecule has 2 aromatic rings. The van der Waals surface area contributed by atoms with Crippen LogP contribution in [0.25, 0.3) is 0 Å². The van der Waals surface area contributed by atoms with E-state index in [0.29, 0.717) is 11.6 Å². The second-order valence-corrected chi connectivity index (χ2v) is 4.73. The molecule has 0 aromatic heterocycles. The molecule has 0 bridgehead atoms. The molecule has 120 valence electrons. The van der Waals surface area contributed by atoms with Gasteiger partial charge in [-0.25, -0.2) is 8.78 Å². The van der Waals surface area contributed by atoms with Crippen LogP contribution in [0.1, 0.15) is 22.0 Å². The average Bonchev–Trinajstić information content (AvgIpc) is 2.51. The van der Waals surface area contributed by atoms with Gasteiger partial charge in [-0.3, -0.25) is 14.9 Å². The monoisotopic (exact) mass is 322 g/mol. The van der Waals surface area contributed by atoms with Crippen molar-refractivity contribution in [3.8, 4) is 0 Å². The van der Waals surface area contributed by atoms with Gasteiger partial charge in [-0.15, -0.1) is 0 Å². The standard InChI is InChI=1S/C15H12F2N2O4/c16-11-5-10(6-12(17)7-11)15(21)18-8-14(20)9-1-3-13(4-2-9)19(22)23/h1-7,14,20H,8H2,(H,18,21)/t14-/m1/s1. The third-order valence-corrected chi connectivity index (χ3v) is 3.07. The molecule has 0 saturated carbocycles. The molecule has 2 N–H and O–H groups in total. The number of rotatable bonds is 5. The Bertz CT molecular complexity index is 715. The number of non-ortho nitro benzene ring substituents is 1. The number of benzene rings is 2. The Morgan fingerprint density at radius 2 is 1.74 bits per heavy atom. The van der Waals surface area contributed by atoms with Crippen LogP contribution < -0.4 is 5.32 Å². The molecular formula is C15H12F2N2O4. The summed E-state index contributed by atoms with van der Waals surface area (Å²) in [6.07, 6.45) is -1.11. The topological polar surface area (TPSA) is 92.5 Å². The number of nitro groups is 1. The Kier molecular flexibility index (Phi) is 4.97. The molecule has 23 heavy (non-hydrogen) atoms. The maximum absolute atomic E-state index is 13.0. The first kappa shape index (κ1) is 16.5. The van der Waals surface area contributed by atoms with Gasteiger partial charge in [0.15, 0.2) is 0 Å². The number of nitrogens with one attached hydrogen (secondary N) is 1. The number of halogens is 2. The maximum Gasteiger partial charge on any atom is 0.269 e. The van der Waals surface area contributed by atoms with E-state index in [1.54, 1.807) is 0 Å². The fraction of sp³-hybridized carbons (Fsp3) is 0.133. The van der Waals surface area contributed by atoms with Crippen LogP contribution in [0.5, 0.6) is 0 Å². The third kappa shape index (κ3) is 4.30.